The normalized spacial score (nSPS) is 21.1. The van der Waals surface area contributed by atoms with E-state index in [1.165, 1.54) is 17.7 Å². The molecule has 0 aromatic heterocycles. The second kappa shape index (κ2) is 9.22. The van der Waals surface area contributed by atoms with Crippen LogP contribution < -0.4 is 0 Å². The molecule has 0 aliphatic heterocycles. The standard InChI is InChI=1S/C20H24FNO2/c1-2-15-6-10-17(11-7-15)20(23)24-19-12-8-16(9-13-19)4-3-5-18(21)14-22/h5-7,10-11,16,19H,2-4,8-9,12-13H2,1H3/b18-5-/t16-,19-. The minimum atomic E-state index is -0.702. The third-order valence-corrected chi connectivity index (χ3v) is 4.67. The molecule has 0 spiro atoms. The maximum atomic E-state index is 12.7. The Morgan fingerprint density at radius 2 is 1.96 bits per heavy atom. The van der Waals surface area contributed by atoms with E-state index in [0.717, 1.165) is 38.5 Å². The third kappa shape index (κ3) is 5.49. The fourth-order valence-corrected chi connectivity index (χ4v) is 3.13. The molecule has 1 aliphatic carbocycles. The van der Waals surface area contributed by atoms with E-state index in [9.17, 15) is 9.18 Å². The summed E-state index contributed by atoms with van der Waals surface area (Å²) in [5.74, 6) is -0.432. The Hall–Kier alpha value is -2.15. The number of nitrogens with zero attached hydrogens (tertiary/aromatic N) is 1. The zero-order valence-electron chi connectivity index (χ0n) is 14.1. The average Bonchev–Trinajstić information content (AvgIpc) is 2.63. The van der Waals surface area contributed by atoms with Gasteiger partial charge in [0.2, 0.25) is 0 Å². The number of benzene rings is 1. The molecule has 1 saturated carbocycles. The van der Waals surface area contributed by atoms with Gasteiger partial charge in [0, 0.05) is 0 Å². The van der Waals surface area contributed by atoms with Crippen molar-refractivity contribution in [2.24, 2.45) is 5.92 Å². The largest absolute Gasteiger partial charge is 0.459 e. The molecule has 1 aliphatic rings. The summed E-state index contributed by atoms with van der Waals surface area (Å²) < 4.78 is 18.3. The lowest BCUT2D eigenvalue weighted by molar-refractivity contribution is 0.0162. The van der Waals surface area contributed by atoms with E-state index >= 15 is 0 Å². The molecular weight excluding hydrogens is 305 g/mol. The van der Waals surface area contributed by atoms with Crippen LogP contribution in [0.15, 0.2) is 36.2 Å². The van der Waals surface area contributed by atoms with E-state index in [0.29, 0.717) is 17.9 Å². The summed E-state index contributed by atoms with van der Waals surface area (Å²) in [6, 6.07) is 9.05. The summed E-state index contributed by atoms with van der Waals surface area (Å²) in [7, 11) is 0. The number of carbonyl (C=O) groups excluding carboxylic acids is 1. The van der Waals surface area contributed by atoms with Crippen molar-refractivity contribution in [1.29, 1.82) is 5.26 Å². The van der Waals surface area contributed by atoms with Gasteiger partial charge in [0.15, 0.2) is 5.83 Å². The molecule has 0 unspecified atom stereocenters. The van der Waals surface area contributed by atoms with Crippen molar-refractivity contribution in [2.75, 3.05) is 0 Å². The van der Waals surface area contributed by atoms with Gasteiger partial charge in [-0.3, -0.25) is 0 Å². The van der Waals surface area contributed by atoms with Crippen LogP contribution in [0.3, 0.4) is 0 Å². The summed E-state index contributed by atoms with van der Waals surface area (Å²) in [4.78, 5) is 12.2. The van der Waals surface area contributed by atoms with Gasteiger partial charge in [-0.05, 0) is 74.6 Å². The van der Waals surface area contributed by atoms with Crippen molar-refractivity contribution < 1.29 is 13.9 Å². The molecule has 2 rings (SSSR count). The minimum Gasteiger partial charge on any atom is -0.459 e. The molecule has 0 bridgehead atoms. The summed E-state index contributed by atoms with van der Waals surface area (Å²) in [5, 5.41) is 8.37. The zero-order chi connectivity index (χ0) is 17.4. The number of aryl methyl sites for hydroxylation is 1. The lowest BCUT2D eigenvalue weighted by atomic mass is 9.84. The molecule has 0 saturated heterocycles. The number of hydrogen-bond donors (Lipinski definition) is 0. The Morgan fingerprint density at radius 3 is 2.54 bits per heavy atom. The fraction of sp³-hybridized carbons (Fsp3) is 0.500. The van der Waals surface area contributed by atoms with Crippen molar-refractivity contribution in [3.05, 3.63) is 47.3 Å². The second-order valence-corrected chi connectivity index (χ2v) is 6.34. The van der Waals surface area contributed by atoms with E-state index in [1.807, 2.05) is 24.3 Å². The summed E-state index contributed by atoms with van der Waals surface area (Å²) in [5.41, 5.74) is 1.81. The van der Waals surface area contributed by atoms with E-state index < -0.39 is 5.83 Å². The number of hydrogen-bond acceptors (Lipinski definition) is 3. The topological polar surface area (TPSA) is 50.1 Å². The molecule has 0 atom stereocenters. The highest BCUT2D eigenvalue weighted by atomic mass is 19.1. The minimum absolute atomic E-state index is 0.0222. The van der Waals surface area contributed by atoms with Crippen molar-refractivity contribution in [2.45, 2.75) is 58.0 Å². The number of esters is 1. The van der Waals surface area contributed by atoms with Crippen molar-refractivity contribution in [1.82, 2.24) is 0 Å². The smallest absolute Gasteiger partial charge is 0.338 e. The summed E-state index contributed by atoms with van der Waals surface area (Å²) in [6.45, 7) is 2.08. The first-order valence-corrected chi connectivity index (χ1v) is 8.68. The predicted molar refractivity (Wildman–Crippen MR) is 91.0 cm³/mol. The van der Waals surface area contributed by atoms with Crippen LogP contribution in [0.25, 0.3) is 0 Å². The Kier molecular flexibility index (Phi) is 6.99. The van der Waals surface area contributed by atoms with Gasteiger partial charge in [-0.25, -0.2) is 4.79 Å². The molecule has 0 N–H and O–H groups in total. The molecule has 128 valence electrons. The SMILES string of the molecule is CCc1ccc(C(=O)O[C@H]2CC[C@H](CC/C=C(\F)C#N)CC2)cc1. The maximum absolute atomic E-state index is 12.7. The van der Waals surface area contributed by atoms with Crippen LogP contribution in [0.2, 0.25) is 0 Å². The Balaban J connectivity index is 1.74. The summed E-state index contributed by atoms with van der Waals surface area (Å²) in [6.07, 6.45) is 7.43. The molecular formula is C20H24FNO2. The number of ether oxygens (including phenoxy) is 1. The van der Waals surface area contributed by atoms with E-state index in [2.05, 4.69) is 6.92 Å². The van der Waals surface area contributed by atoms with Crippen LogP contribution in [-0.4, -0.2) is 12.1 Å². The molecule has 0 radical (unpaired) electrons. The lowest BCUT2D eigenvalue weighted by Crippen LogP contribution is -2.24. The highest BCUT2D eigenvalue weighted by Gasteiger charge is 2.24. The van der Waals surface area contributed by atoms with Gasteiger partial charge >= 0.3 is 5.97 Å². The van der Waals surface area contributed by atoms with Gasteiger partial charge in [0.05, 0.1) is 5.56 Å². The average molecular weight is 329 g/mol. The van der Waals surface area contributed by atoms with Gasteiger partial charge in [0.1, 0.15) is 12.2 Å². The first-order valence-electron chi connectivity index (χ1n) is 8.68. The van der Waals surface area contributed by atoms with E-state index in [-0.39, 0.29) is 12.1 Å². The number of carbonyl (C=O) groups is 1. The summed E-state index contributed by atoms with van der Waals surface area (Å²) >= 11 is 0. The predicted octanol–water partition coefficient (Wildman–Crippen LogP) is 5.12. The van der Waals surface area contributed by atoms with Crippen LogP contribution in [0.1, 0.15) is 61.4 Å². The van der Waals surface area contributed by atoms with Crippen molar-refractivity contribution >= 4 is 5.97 Å². The maximum Gasteiger partial charge on any atom is 0.338 e. The van der Waals surface area contributed by atoms with Crippen molar-refractivity contribution in [3.8, 4) is 6.07 Å². The molecule has 3 nitrogen and oxygen atoms in total. The number of halogens is 1. The van der Waals surface area contributed by atoms with Gasteiger partial charge in [-0.1, -0.05) is 19.1 Å². The molecule has 1 aromatic rings. The highest BCUT2D eigenvalue weighted by molar-refractivity contribution is 5.89. The van der Waals surface area contributed by atoms with Gasteiger partial charge in [-0.2, -0.15) is 9.65 Å². The van der Waals surface area contributed by atoms with Crippen LogP contribution in [-0.2, 0) is 11.2 Å². The molecule has 24 heavy (non-hydrogen) atoms. The van der Waals surface area contributed by atoms with Crippen LogP contribution >= 0.6 is 0 Å². The quantitative estimate of drug-likeness (QED) is 0.537. The Labute approximate surface area is 143 Å². The van der Waals surface area contributed by atoms with Crippen LogP contribution in [0.4, 0.5) is 4.39 Å². The monoisotopic (exact) mass is 329 g/mol. The lowest BCUT2D eigenvalue weighted by Gasteiger charge is -2.28. The fourth-order valence-electron chi connectivity index (χ4n) is 3.13. The molecule has 4 heteroatoms. The van der Waals surface area contributed by atoms with Gasteiger partial charge < -0.3 is 4.74 Å². The first kappa shape index (κ1) is 18.2. The Morgan fingerprint density at radius 1 is 1.29 bits per heavy atom. The van der Waals surface area contributed by atoms with E-state index in [4.69, 9.17) is 10.00 Å². The number of rotatable bonds is 6. The molecule has 1 fully saturated rings. The first-order chi connectivity index (χ1) is 11.6. The Bertz CT molecular complexity index is 608. The van der Waals surface area contributed by atoms with Crippen molar-refractivity contribution in [3.63, 3.8) is 0 Å². The number of allylic oxidation sites excluding steroid dienone is 2. The molecule has 1 aromatic carbocycles. The van der Waals surface area contributed by atoms with Crippen LogP contribution in [0, 0.1) is 17.2 Å². The van der Waals surface area contributed by atoms with E-state index in [1.54, 1.807) is 0 Å². The third-order valence-electron chi connectivity index (χ3n) is 4.67. The second-order valence-electron chi connectivity index (χ2n) is 6.34. The molecule has 0 amide bonds. The number of nitriles is 1. The molecule has 0 heterocycles. The zero-order valence-corrected chi connectivity index (χ0v) is 14.1. The van der Waals surface area contributed by atoms with Gasteiger partial charge in [-0.15, -0.1) is 0 Å². The van der Waals surface area contributed by atoms with Gasteiger partial charge in [0.25, 0.3) is 0 Å². The highest BCUT2D eigenvalue weighted by Crippen LogP contribution is 2.30. The van der Waals surface area contributed by atoms with Crippen LogP contribution in [0.5, 0.6) is 0 Å².